The number of nitrogens with zero attached hydrogens (tertiary/aromatic N) is 2. The molecule has 0 fully saturated rings. The van der Waals surface area contributed by atoms with Gasteiger partial charge in [-0.2, -0.15) is 0 Å². The maximum Gasteiger partial charge on any atom is 0.227 e. The topological polar surface area (TPSA) is 133 Å². The van der Waals surface area contributed by atoms with E-state index in [2.05, 4.69) is 15.3 Å². The summed E-state index contributed by atoms with van der Waals surface area (Å²) >= 11 is 6.25. The number of benzene rings is 1. The first kappa shape index (κ1) is 20.3. The van der Waals surface area contributed by atoms with Crippen LogP contribution in [0.5, 0.6) is 0 Å². The number of aromatic nitrogens is 2. The molecule has 1 aromatic heterocycles. The maximum absolute atomic E-state index is 11.6. The average molecular weight is 387 g/mol. The van der Waals surface area contributed by atoms with E-state index >= 15 is 0 Å². The van der Waals surface area contributed by atoms with E-state index in [4.69, 9.17) is 28.8 Å². The van der Waals surface area contributed by atoms with Crippen molar-refractivity contribution in [2.45, 2.75) is 25.7 Å². The summed E-state index contributed by atoms with van der Waals surface area (Å²) in [5, 5.41) is 3.43. The molecule has 142 valence electrons. The van der Waals surface area contributed by atoms with Crippen molar-refractivity contribution in [2.24, 2.45) is 17.2 Å². The maximum atomic E-state index is 11.6. The molecule has 0 saturated heterocycles. The Morgan fingerprint density at radius 3 is 2.70 bits per heavy atom. The molecule has 0 saturated carbocycles. The van der Waals surface area contributed by atoms with Crippen LogP contribution in [0.2, 0.25) is 5.02 Å². The molecule has 1 aromatic carbocycles. The second-order valence-electron chi connectivity index (χ2n) is 5.92. The number of hydrogen-bond donors (Lipinski definition) is 4. The summed E-state index contributed by atoms with van der Waals surface area (Å²) in [7, 11) is 0. The smallest absolute Gasteiger partial charge is 0.227 e. The highest BCUT2D eigenvalue weighted by atomic mass is 35.5. The van der Waals surface area contributed by atoms with Crippen molar-refractivity contribution in [3.8, 4) is 0 Å². The summed E-state index contributed by atoms with van der Waals surface area (Å²) in [5.74, 6) is -0.356. The Morgan fingerprint density at radius 1 is 1.30 bits per heavy atom. The van der Waals surface area contributed by atoms with Crippen LogP contribution >= 0.6 is 11.6 Å². The Morgan fingerprint density at radius 2 is 2.04 bits per heavy atom. The molecule has 0 aliphatic heterocycles. The molecule has 7 N–H and O–H groups in total. The quantitative estimate of drug-likeness (QED) is 0.514. The third kappa shape index (κ3) is 5.46. The molecule has 1 amide bonds. The summed E-state index contributed by atoms with van der Waals surface area (Å²) in [6.07, 6.45) is 7.09. The number of amides is 1. The van der Waals surface area contributed by atoms with Crippen LogP contribution in [0, 0.1) is 0 Å². The van der Waals surface area contributed by atoms with Gasteiger partial charge in [0.05, 0.1) is 28.5 Å². The number of nitrogens with two attached hydrogens (primary N) is 3. The van der Waals surface area contributed by atoms with Gasteiger partial charge in [-0.15, -0.1) is 0 Å². The monoisotopic (exact) mass is 386 g/mol. The zero-order chi connectivity index (χ0) is 19.8. The highest BCUT2D eigenvalue weighted by Crippen LogP contribution is 2.23. The second-order valence-corrected chi connectivity index (χ2v) is 6.32. The fourth-order valence-corrected chi connectivity index (χ4v) is 2.79. The van der Waals surface area contributed by atoms with E-state index in [1.807, 2.05) is 24.3 Å². The van der Waals surface area contributed by atoms with Gasteiger partial charge in [0, 0.05) is 6.20 Å². The number of primary amides is 1. The van der Waals surface area contributed by atoms with Crippen molar-refractivity contribution in [2.75, 3.05) is 5.32 Å². The highest BCUT2D eigenvalue weighted by molar-refractivity contribution is 6.31. The van der Waals surface area contributed by atoms with Gasteiger partial charge in [-0.05, 0) is 43.2 Å². The number of carbonyl (C=O) groups excluding carboxylic acids is 1. The largest absolute Gasteiger partial charge is 0.405 e. The second kappa shape index (κ2) is 9.59. The van der Waals surface area contributed by atoms with Crippen molar-refractivity contribution >= 4 is 23.5 Å². The van der Waals surface area contributed by atoms with E-state index in [0.29, 0.717) is 35.2 Å². The normalized spacial score (nSPS) is 12.9. The van der Waals surface area contributed by atoms with Gasteiger partial charge in [0.1, 0.15) is 0 Å². The molecule has 0 aliphatic rings. The zero-order valence-corrected chi connectivity index (χ0v) is 15.8. The van der Waals surface area contributed by atoms with Crippen molar-refractivity contribution in [3.63, 3.8) is 0 Å². The van der Waals surface area contributed by atoms with E-state index in [0.717, 1.165) is 11.1 Å². The third-order valence-electron chi connectivity index (χ3n) is 4.11. The molecular weight excluding hydrogens is 364 g/mol. The number of aryl methyl sites for hydroxylation is 2. The Labute approximate surface area is 163 Å². The Bertz CT molecular complexity index is 865. The lowest BCUT2D eigenvalue weighted by Crippen LogP contribution is -2.20. The van der Waals surface area contributed by atoms with E-state index in [1.54, 1.807) is 13.0 Å². The number of carbonyl (C=O) groups is 1. The number of anilines is 1. The molecule has 2 aromatic rings. The Hall–Kier alpha value is -3.06. The lowest BCUT2D eigenvalue weighted by molar-refractivity contribution is -0.119. The standard InChI is InChI=1S/C19H23ClN6O/c1-12(18(23)27)15-5-3-2-4-13(15)6-7-17-16(20)11-24-19(26-17)25-14(10-22)8-9-21/h2-5,8-12H,6-7,21-22H2,1H3,(H2,23,27)(H,24,25,26)/b9-8-,14-10+. The molecule has 0 bridgehead atoms. The minimum Gasteiger partial charge on any atom is -0.405 e. The van der Waals surface area contributed by atoms with Crippen molar-refractivity contribution in [1.29, 1.82) is 0 Å². The van der Waals surface area contributed by atoms with E-state index in [-0.39, 0.29) is 11.8 Å². The first-order valence-corrected chi connectivity index (χ1v) is 8.79. The van der Waals surface area contributed by atoms with Crippen molar-refractivity contribution < 1.29 is 4.79 Å². The van der Waals surface area contributed by atoms with E-state index < -0.39 is 0 Å². The molecule has 2 rings (SSSR count). The first-order valence-electron chi connectivity index (χ1n) is 8.42. The average Bonchev–Trinajstić information content (AvgIpc) is 2.67. The van der Waals surface area contributed by atoms with Crippen LogP contribution in [0.25, 0.3) is 0 Å². The zero-order valence-electron chi connectivity index (χ0n) is 15.0. The van der Waals surface area contributed by atoms with E-state index in [9.17, 15) is 4.79 Å². The SMILES string of the molecule is CC(C(N)=O)c1ccccc1CCc1nc(NC(/C=C\N)=C/N)ncc1Cl. The fourth-order valence-electron chi connectivity index (χ4n) is 2.60. The summed E-state index contributed by atoms with van der Waals surface area (Å²) < 4.78 is 0. The van der Waals surface area contributed by atoms with Crippen molar-refractivity contribution in [3.05, 3.63) is 76.5 Å². The lowest BCUT2D eigenvalue weighted by atomic mass is 9.92. The molecule has 0 radical (unpaired) electrons. The van der Waals surface area contributed by atoms with Gasteiger partial charge < -0.3 is 22.5 Å². The molecule has 0 spiro atoms. The molecule has 0 aliphatic carbocycles. The van der Waals surface area contributed by atoms with Crippen LogP contribution in [-0.2, 0) is 17.6 Å². The molecule has 8 heteroatoms. The number of nitrogens with one attached hydrogen (secondary N) is 1. The van der Waals surface area contributed by atoms with Crippen LogP contribution in [0.15, 0.2) is 54.6 Å². The Kier molecular flexibility index (Phi) is 7.19. The molecule has 27 heavy (non-hydrogen) atoms. The molecule has 7 nitrogen and oxygen atoms in total. The lowest BCUT2D eigenvalue weighted by Gasteiger charge is -2.14. The summed E-state index contributed by atoms with van der Waals surface area (Å²) in [5.41, 5.74) is 19.5. The van der Waals surface area contributed by atoms with Crippen LogP contribution in [0.4, 0.5) is 5.95 Å². The number of rotatable bonds is 8. The molecular formula is C19H23ClN6O. The predicted molar refractivity (Wildman–Crippen MR) is 108 cm³/mol. The minimum atomic E-state index is -0.361. The van der Waals surface area contributed by atoms with Crippen molar-refractivity contribution in [1.82, 2.24) is 9.97 Å². The van der Waals surface area contributed by atoms with Crippen LogP contribution in [0.1, 0.15) is 29.7 Å². The van der Waals surface area contributed by atoms with Gasteiger partial charge in [0.15, 0.2) is 0 Å². The van der Waals surface area contributed by atoms with Crippen LogP contribution in [-0.4, -0.2) is 15.9 Å². The summed E-state index contributed by atoms with van der Waals surface area (Å²) in [4.78, 5) is 20.1. The van der Waals surface area contributed by atoms with Gasteiger partial charge >= 0.3 is 0 Å². The first-order chi connectivity index (χ1) is 13.0. The van der Waals surface area contributed by atoms with Crippen LogP contribution < -0.4 is 22.5 Å². The van der Waals surface area contributed by atoms with Gasteiger partial charge in [-0.25, -0.2) is 9.97 Å². The number of allylic oxidation sites excluding steroid dienone is 1. The Balaban J connectivity index is 2.19. The third-order valence-corrected chi connectivity index (χ3v) is 4.42. The van der Waals surface area contributed by atoms with Gasteiger partial charge in [-0.3, -0.25) is 4.79 Å². The minimum absolute atomic E-state index is 0.358. The molecule has 1 atom stereocenters. The predicted octanol–water partition coefficient (Wildman–Crippen LogP) is 2.19. The van der Waals surface area contributed by atoms with E-state index in [1.165, 1.54) is 18.6 Å². The van der Waals surface area contributed by atoms with Crippen LogP contribution in [0.3, 0.4) is 0 Å². The summed E-state index contributed by atoms with van der Waals surface area (Å²) in [6.45, 7) is 1.80. The van der Waals surface area contributed by atoms with Gasteiger partial charge in [0.25, 0.3) is 0 Å². The fraction of sp³-hybridized carbons (Fsp3) is 0.211. The number of hydrogen-bond acceptors (Lipinski definition) is 6. The van der Waals surface area contributed by atoms with Gasteiger partial charge in [0.2, 0.25) is 11.9 Å². The van der Waals surface area contributed by atoms with Gasteiger partial charge in [-0.1, -0.05) is 35.9 Å². The molecule has 1 unspecified atom stereocenters. The number of halogens is 1. The summed E-state index contributed by atoms with van der Waals surface area (Å²) in [6, 6.07) is 7.71. The molecule has 1 heterocycles. The highest BCUT2D eigenvalue weighted by Gasteiger charge is 2.16.